The van der Waals surface area contributed by atoms with Crippen molar-refractivity contribution >= 4 is 65.0 Å². The van der Waals surface area contributed by atoms with Crippen LogP contribution in [-0.2, 0) is 59.2 Å². The summed E-state index contributed by atoms with van der Waals surface area (Å²) in [5.41, 5.74) is 11.1. The fraction of sp³-hybridized carbons (Fsp3) is 0.541. The Morgan fingerprint density at radius 1 is 0.683 bits per heavy atom. The van der Waals surface area contributed by atoms with E-state index in [-0.39, 0.29) is 38.3 Å². The van der Waals surface area contributed by atoms with E-state index in [1.807, 2.05) is 0 Å². The minimum atomic E-state index is -1.44. The highest BCUT2D eigenvalue weighted by Gasteiger charge is 2.36. The minimum absolute atomic E-state index is 0.0159. The first kappa shape index (κ1) is 47.7. The molecule has 0 unspecified atom stereocenters. The zero-order chi connectivity index (χ0) is 44.4. The first-order chi connectivity index (χ1) is 28.5. The molecule has 2 aliphatic rings. The molecule has 0 radical (unpaired) electrons. The molecule has 23 nitrogen and oxygen atoms in total. The number of carbonyl (C=O) groups excluding carboxylic acids is 10. The summed E-state index contributed by atoms with van der Waals surface area (Å²) in [6.07, 6.45) is 1.28. The summed E-state index contributed by atoms with van der Waals surface area (Å²) in [7, 11) is 0. The first-order valence-electron chi connectivity index (χ1n) is 19.3. The Morgan fingerprint density at radius 3 is 1.82 bits per heavy atom. The second kappa shape index (κ2) is 23.7. The predicted molar refractivity (Wildman–Crippen MR) is 208 cm³/mol. The van der Waals surface area contributed by atoms with E-state index >= 15 is 0 Å². The van der Waals surface area contributed by atoms with E-state index in [4.69, 9.17) is 11.5 Å². The molecule has 0 bridgehead atoms. The van der Waals surface area contributed by atoms with E-state index in [9.17, 15) is 57.8 Å². The Kier molecular flexibility index (Phi) is 18.8. The number of carbonyl (C=O) groups is 11. The van der Waals surface area contributed by atoms with Gasteiger partial charge >= 0.3 is 5.97 Å². The molecule has 60 heavy (non-hydrogen) atoms. The normalized spacial score (nSPS) is 17.2. The predicted octanol–water partition coefficient (Wildman–Crippen LogP) is -5.54. The number of nitrogens with one attached hydrogen (secondary N) is 7. The molecule has 0 spiro atoms. The lowest BCUT2D eigenvalue weighted by atomic mass is 10.1. The van der Waals surface area contributed by atoms with Crippen LogP contribution in [0.3, 0.4) is 0 Å². The molecule has 0 aliphatic carbocycles. The van der Waals surface area contributed by atoms with E-state index in [2.05, 4.69) is 37.2 Å². The molecule has 10 amide bonds. The molecule has 1 aromatic carbocycles. The highest BCUT2D eigenvalue weighted by molar-refractivity contribution is 5.96. The third kappa shape index (κ3) is 15.3. The molecule has 23 heteroatoms. The van der Waals surface area contributed by atoms with Crippen LogP contribution in [0.15, 0.2) is 30.3 Å². The molecule has 328 valence electrons. The number of carboxylic acid groups (broad SMARTS) is 1. The Morgan fingerprint density at radius 2 is 1.23 bits per heavy atom. The van der Waals surface area contributed by atoms with Gasteiger partial charge in [0.15, 0.2) is 0 Å². The number of primary amides is 1. The van der Waals surface area contributed by atoms with Gasteiger partial charge in [0.2, 0.25) is 59.1 Å². The maximum absolute atomic E-state index is 13.2. The lowest BCUT2D eigenvalue weighted by molar-refractivity contribution is -0.142. The summed E-state index contributed by atoms with van der Waals surface area (Å²) in [6, 6.07) is 3.02. The van der Waals surface area contributed by atoms with Crippen molar-refractivity contribution in [2.45, 2.75) is 82.1 Å². The monoisotopic (exact) mass is 843 g/mol. The zero-order valence-electron chi connectivity index (χ0n) is 33.2. The van der Waals surface area contributed by atoms with Crippen LogP contribution < -0.4 is 48.7 Å². The molecule has 0 aromatic heterocycles. The molecular formula is C37H53N11O12. The Hall–Kier alpha value is -6.65. The van der Waals surface area contributed by atoms with Gasteiger partial charge in [0.05, 0.1) is 32.7 Å². The molecule has 0 saturated carbocycles. The summed E-state index contributed by atoms with van der Waals surface area (Å²) in [5, 5.41) is 26.0. The van der Waals surface area contributed by atoms with Crippen molar-refractivity contribution < 1.29 is 57.8 Å². The highest BCUT2D eigenvalue weighted by Crippen LogP contribution is 2.19. The van der Waals surface area contributed by atoms with Crippen molar-refractivity contribution in [1.29, 1.82) is 0 Å². The van der Waals surface area contributed by atoms with Crippen LogP contribution in [0, 0.1) is 0 Å². The molecule has 5 atom stereocenters. The summed E-state index contributed by atoms with van der Waals surface area (Å²) < 4.78 is 0. The average molecular weight is 844 g/mol. The molecule has 3 rings (SSSR count). The Bertz CT molecular complexity index is 1780. The average Bonchev–Trinajstić information content (AvgIpc) is 3.92. The summed E-state index contributed by atoms with van der Waals surface area (Å²) in [4.78, 5) is 139. The van der Waals surface area contributed by atoms with Crippen molar-refractivity contribution in [2.75, 3.05) is 45.8 Å². The van der Waals surface area contributed by atoms with Crippen LogP contribution in [-0.4, -0.2) is 156 Å². The van der Waals surface area contributed by atoms with E-state index in [1.54, 1.807) is 30.3 Å². The van der Waals surface area contributed by atoms with Gasteiger partial charge in [-0.1, -0.05) is 30.3 Å². The number of hydrogen-bond donors (Lipinski definition) is 10. The fourth-order valence-electron chi connectivity index (χ4n) is 6.50. The maximum Gasteiger partial charge on any atom is 0.326 e. The van der Waals surface area contributed by atoms with Crippen molar-refractivity contribution in [3.8, 4) is 0 Å². The number of likely N-dealkylation sites (tertiary alicyclic amines) is 2. The summed E-state index contributed by atoms with van der Waals surface area (Å²) >= 11 is 0. The van der Waals surface area contributed by atoms with Crippen LogP contribution in [0.5, 0.6) is 0 Å². The summed E-state index contributed by atoms with van der Waals surface area (Å²) in [5.74, 6) is -8.19. The van der Waals surface area contributed by atoms with Gasteiger partial charge in [-0.2, -0.15) is 0 Å². The van der Waals surface area contributed by atoms with Crippen molar-refractivity contribution in [2.24, 2.45) is 11.5 Å². The zero-order valence-corrected chi connectivity index (χ0v) is 33.2. The van der Waals surface area contributed by atoms with E-state index in [1.165, 1.54) is 16.7 Å². The van der Waals surface area contributed by atoms with Crippen molar-refractivity contribution in [3.05, 3.63) is 35.9 Å². The van der Waals surface area contributed by atoms with Gasteiger partial charge in [-0.05, 0) is 44.6 Å². The van der Waals surface area contributed by atoms with E-state index in [0.717, 1.165) is 0 Å². The third-order valence-electron chi connectivity index (χ3n) is 9.63. The van der Waals surface area contributed by atoms with Gasteiger partial charge in [-0.3, -0.25) is 47.9 Å². The number of rotatable bonds is 22. The molecule has 2 saturated heterocycles. The molecule has 2 fully saturated rings. The highest BCUT2D eigenvalue weighted by atomic mass is 16.4. The first-order valence-corrected chi connectivity index (χ1v) is 19.3. The topological polar surface area (TPSA) is 351 Å². The second-order valence-corrected chi connectivity index (χ2v) is 14.1. The largest absolute Gasteiger partial charge is 0.480 e. The van der Waals surface area contributed by atoms with Crippen LogP contribution in [0.4, 0.5) is 0 Å². The van der Waals surface area contributed by atoms with E-state index < -0.39 is 116 Å². The fourth-order valence-corrected chi connectivity index (χ4v) is 6.50. The van der Waals surface area contributed by atoms with Gasteiger partial charge in [-0.25, -0.2) is 4.79 Å². The molecule has 12 N–H and O–H groups in total. The number of benzene rings is 1. The van der Waals surface area contributed by atoms with Crippen LogP contribution >= 0.6 is 0 Å². The number of nitrogens with zero attached hydrogens (tertiary/aromatic N) is 2. The molecule has 2 aliphatic heterocycles. The van der Waals surface area contributed by atoms with Gasteiger partial charge in [0, 0.05) is 25.9 Å². The quantitative estimate of drug-likeness (QED) is 0.0522. The number of carboxylic acids is 1. The summed E-state index contributed by atoms with van der Waals surface area (Å²) in [6.45, 7) is -0.505. The smallest absolute Gasteiger partial charge is 0.326 e. The number of aliphatic carboxylic acids is 1. The van der Waals surface area contributed by atoms with Gasteiger partial charge < -0.3 is 63.6 Å². The lowest BCUT2D eigenvalue weighted by Crippen LogP contribution is -2.54. The van der Waals surface area contributed by atoms with Crippen LogP contribution in [0.1, 0.15) is 51.0 Å². The van der Waals surface area contributed by atoms with E-state index in [0.29, 0.717) is 37.8 Å². The molecular weight excluding hydrogens is 790 g/mol. The third-order valence-corrected chi connectivity index (χ3v) is 9.63. The standard InChI is InChI=1S/C37H53N11O12/c1-21(33(55)46-23(37(59)60)11-12-27(39)49)44-29(51)19-41-34(56)24(15-22-7-3-2-4-8-22)45-30(52)18-40-28(50)17-42-35(57)26-10-6-14-48(26)32(54)20-43-36(58)25-9-5-13-47(25)31(53)16-38/h2-4,7-8,21,23-26H,5-6,9-20,38H2,1H3,(H2,39,49)(H,40,50)(H,41,56)(H,42,57)(H,43,58)(H,44,51)(H,45,52)(H,46,55)(H,59,60)/t21-,23-,24-,25-,26-/m0/s1. The van der Waals surface area contributed by atoms with Gasteiger partial charge in [0.25, 0.3) is 0 Å². The van der Waals surface area contributed by atoms with Crippen LogP contribution in [0.2, 0.25) is 0 Å². The minimum Gasteiger partial charge on any atom is -0.480 e. The Labute approximate surface area is 344 Å². The number of nitrogens with two attached hydrogens (primary N) is 2. The van der Waals surface area contributed by atoms with Crippen LogP contribution in [0.25, 0.3) is 0 Å². The molecule has 1 aromatic rings. The van der Waals surface area contributed by atoms with Gasteiger partial charge in [-0.15, -0.1) is 0 Å². The van der Waals surface area contributed by atoms with Crippen molar-refractivity contribution in [3.63, 3.8) is 0 Å². The maximum atomic E-state index is 13.2. The second-order valence-electron chi connectivity index (χ2n) is 14.1. The van der Waals surface area contributed by atoms with Crippen molar-refractivity contribution in [1.82, 2.24) is 47.0 Å². The number of hydrogen-bond acceptors (Lipinski definition) is 12. The lowest BCUT2D eigenvalue weighted by Gasteiger charge is -2.26. The van der Waals surface area contributed by atoms with Gasteiger partial charge in [0.1, 0.15) is 30.2 Å². The molecule has 2 heterocycles. The number of amides is 10. The SMILES string of the molecule is C[C@H](NC(=O)CNC(=O)[C@H](Cc1ccccc1)NC(=O)CNC(=O)CNC(=O)[C@@H]1CCCN1C(=O)CNC(=O)[C@@H]1CCCN1C(=O)CN)C(=O)N[C@@H](CCC(N)=O)C(=O)O. The Balaban J connectivity index is 1.46.